The Labute approximate surface area is 133 Å². The van der Waals surface area contributed by atoms with E-state index in [0.29, 0.717) is 27.5 Å². The van der Waals surface area contributed by atoms with Crippen molar-refractivity contribution in [3.8, 4) is 0 Å². The van der Waals surface area contributed by atoms with E-state index in [1.54, 1.807) is 18.2 Å². The van der Waals surface area contributed by atoms with Gasteiger partial charge in [0.2, 0.25) is 0 Å². The summed E-state index contributed by atoms with van der Waals surface area (Å²) in [5, 5.41) is 3.24. The van der Waals surface area contributed by atoms with Gasteiger partial charge in [0, 0.05) is 12.0 Å². The number of carbonyl (C=O) groups excluding carboxylic acids is 2. The lowest BCUT2D eigenvalue weighted by Gasteiger charge is -2.05. The Morgan fingerprint density at radius 3 is 2.91 bits per heavy atom. The number of carbonyl (C=O) groups is 2. The SMILES string of the molecule is O=C(Nc1nc2c(s1)C(=O)CCC2)c1ccc2nsnc2c1. The normalized spacial score (nSPS) is 14.1. The maximum Gasteiger partial charge on any atom is 0.257 e. The van der Waals surface area contributed by atoms with Gasteiger partial charge in [-0.15, -0.1) is 0 Å². The quantitative estimate of drug-likeness (QED) is 0.781. The zero-order valence-electron chi connectivity index (χ0n) is 11.3. The number of hydrogen-bond donors (Lipinski definition) is 1. The molecule has 22 heavy (non-hydrogen) atoms. The van der Waals surface area contributed by atoms with Crippen LogP contribution in [0.4, 0.5) is 5.13 Å². The van der Waals surface area contributed by atoms with E-state index >= 15 is 0 Å². The van der Waals surface area contributed by atoms with Gasteiger partial charge in [0.25, 0.3) is 5.91 Å². The van der Waals surface area contributed by atoms with Gasteiger partial charge in [-0.05, 0) is 31.0 Å². The Bertz CT molecular complexity index is 899. The number of thiazole rings is 1. The first-order valence-electron chi connectivity index (χ1n) is 6.77. The lowest BCUT2D eigenvalue weighted by molar-refractivity contribution is 0.0975. The molecular weight excluding hydrogens is 320 g/mol. The summed E-state index contributed by atoms with van der Waals surface area (Å²) in [4.78, 5) is 29.2. The first-order valence-corrected chi connectivity index (χ1v) is 8.32. The minimum atomic E-state index is -0.256. The Morgan fingerprint density at radius 2 is 2.05 bits per heavy atom. The fourth-order valence-electron chi connectivity index (χ4n) is 2.42. The Hall–Kier alpha value is -2.19. The molecule has 8 heteroatoms. The molecule has 110 valence electrons. The van der Waals surface area contributed by atoms with Crippen molar-refractivity contribution in [1.82, 2.24) is 13.7 Å². The van der Waals surface area contributed by atoms with Crippen LogP contribution in [0.2, 0.25) is 0 Å². The molecule has 4 rings (SSSR count). The van der Waals surface area contributed by atoms with Crippen molar-refractivity contribution in [2.75, 3.05) is 5.32 Å². The fraction of sp³-hybridized carbons (Fsp3) is 0.214. The van der Waals surface area contributed by atoms with E-state index < -0.39 is 0 Å². The molecule has 0 atom stereocenters. The summed E-state index contributed by atoms with van der Waals surface area (Å²) in [6, 6.07) is 5.18. The van der Waals surface area contributed by atoms with E-state index in [-0.39, 0.29) is 11.7 Å². The highest BCUT2D eigenvalue weighted by atomic mass is 32.1. The van der Waals surface area contributed by atoms with Gasteiger partial charge < -0.3 is 0 Å². The van der Waals surface area contributed by atoms with Crippen molar-refractivity contribution < 1.29 is 9.59 Å². The van der Waals surface area contributed by atoms with Crippen molar-refractivity contribution in [3.05, 3.63) is 34.3 Å². The highest BCUT2D eigenvalue weighted by Gasteiger charge is 2.23. The number of rotatable bonds is 2. The molecule has 1 amide bonds. The van der Waals surface area contributed by atoms with E-state index in [1.807, 2.05) is 0 Å². The van der Waals surface area contributed by atoms with Crippen LogP contribution in [0.15, 0.2) is 18.2 Å². The maximum absolute atomic E-state index is 12.3. The van der Waals surface area contributed by atoms with Gasteiger partial charge in [0.1, 0.15) is 11.0 Å². The van der Waals surface area contributed by atoms with Crippen LogP contribution in [-0.4, -0.2) is 25.4 Å². The number of benzene rings is 1. The van der Waals surface area contributed by atoms with Crippen LogP contribution < -0.4 is 5.32 Å². The Balaban J connectivity index is 1.60. The third-order valence-electron chi connectivity index (χ3n) is 3.50. The molecule has 1 aromatic carbocycles. The highest BCUT2D eigenvalue weighted by molar-refractivity contribution is 7.17. The molecule has 0 fully saturated rings. The van der Waals surface area contributed by atoms with Gasteiger partial charge in [-0.1, -0.05) is 11.3 Å². The number of Topliss-reactive ketones (excluding diaryl/α,β-unsaturated/α-hetero) is 1. The third kappa shape index (κ3) is 2.30. The van der Waals surface area contributed by atoms with Crippen LogP contribution in [0.25, 0.3) is 11.0 Å². The number of aromatic nitrogens is 3. The van der Waals surface area contributed by atoms with Gasteiger partial charge in [0.05, 0.1) is 22.3 Å². The summed E-state index contributed by atoms with van der Waals surface area (Å²) in [6.45, 7) is 0. The van der Waals surface area contributed by atoms with Crippen molar-refractivity contribution in [1.29, 1.82) is 0 Å². The smallest absolute Gasteiger partial charge is 0.257 e. The van der Waals surface area contributed by atoms with Crippen LogP contribution in [-0.2, 0) is 6.42 Å². The molecule has 2 heterocycles. The fourth-order valence-corrected chi connectivity index (χ4v) is 3.91. The molecule has 0 saturated heterocycles. The number of amides is 1. The average molecular weight is 330 g/mol. The van der Waals surface area contributed by atoms with E-state index in [9.17, 15) is 9.59 Å². The van der Waals surface area contributed by atoms with Crippen molar-refractivity contribution in [2.45, 2.75) is 19.3 Å². The second-order valence-corrected chi connectivity index (χ2v) is 6.52. The number of fused-ring (bicyclic) bond motifs is 2. The molecule has 0 bridgehead atoms. The molecule has 0 spiro atoms. The van der Waals surface area contributed by atoms with Crippen molar-refractivity contribution in [3.63, 3.8) is 0 Å². The number of aryl methyl sites for hydroxylation is 1. The summed E-state index contributed by atoms with van der Waals surface area (Å²) in [5.74, 6) is -0.136. The predicted molar refractivity (Wildman–Crippen MR) is 84.8 cm³/mol. The standard InChI is InChI=1S/C14H10N4O2S2/c19-11-3-1-2-9-12(11)21-14(15-9)16-13(20)7-4-5-8-10(6-7)18-22-17-8/h4-6H,1-3H2,(H,15,16,20). The Morgan fingerprint density at radius 1 is 1.18 bits per heavy atom. The molecule has 0 saturated carbocycles. The second-order valence-electron chi connectivity index (χ2n) is 4.99. The van der Waals surface area contributed by atoms with E-state index in [0.717, 1.165) is 35.8 Å². The number of hydrogen-bond acceptors (Lipinski definition) is 7. The van der Waals surface area contributed by atoms with Gasteiger partial charge in [-0.2, -0.15) is 8.75 Å². The molecule has 0 unspecified atom stereocenters. The molecule has 6 nitrogen and oxygen atoms in total. The van der Waals surface area contributed by atoms with Crippen LogP contribution in [0, 0.1) is 0 Å². The first-order chi connectivity index (χ1) is 10.7. The second kappa shape index (κ2) is 5.22. The topological polar surface area (TPSA) is 84.8 Å². The maximum atomic E-state index is 12.3. The summed E-state index contributed by atoms with van der Waals surface area (Å²) in [5.41, 5.74) is 2.78. The van der Waals surface area contributed by atoms with E-state index in [4.69, 9.17) is 0 Å². The minimum absolute atomic E-state index is 0.120. The summed E-state index contributed by atoms with van der Waals surface area (Å²) in [7, 11) is 0. The van der Waals surface area contributed by atoms with Crippen LogP contribution in [0.1, 0.15) is 38.6 Å². The van der Waals surface area contributed by atoms with Gasteiger partial charge in [0.15, 0.2) is 10.9 Å². The zero-order valence-corrected chi connectivity index (χ0v) is 13.0. The lowest BCUT2D eigenvalue weighted by atomic mass is 10.0. The summed E-state index contributed by atoms with van der Waals surface area (Å²) in [6.07, 6.45) is 2.19. The number of nitrogens with one attached hydrogen (secondary N) is 1. The number of anilines is 1. The molecule has 1 N–H and O–H groups in total. The van der Waals surface area contributed by atoms with Crippen molar-refractivity contribution >= 4 is 50.9 Å². The first kappa shape index (κ1) is 13.5. The van der Waals surface area contributed by atoms with Crippen molar-refractivity contribution in [2.24, 2.45) is 0 Å². The van der Waals surface area contributed by atoms with Crippen LogP contribution in [0.3, 0.4) is 0 Å². The van der Waals surface area contributed by atoms with Gasteiger partial charge >= 0.3 is 0 Å². The molecule has 3 aromatic rings. The number of ketones is 1. The summed E-state index contributed by atoms with van der Waals surface area (Å²) >= 11 is 2.37. The monoisotopic (exact) mass is 330 g/mol. The lowest BCUT2D eigenvalue weighted by Crippen LogP contribution is -2.11. The zero-order chi connectivity index (χ0) is 15.1. The largest absolute Gasteiger partial charge is 0.298 e. The van der Waals surface area contributed by atoms with E-state index in [1.165, 1.54) is 11.3 Å². The summed E-state index contributed by atoms with van der Waals surface area (Å²) < 4.78 is 8.23. The van der Waals surface area contributed by atoms with E-state index in [2.05, 4.69) is 19.0 Å². The molecule has 1 aliphatic carbocycles. The van der Waals surface area contributed by atoms with Gasteiger partial charge in [-0.25, -0.2) is 4.98 Å². The minimum Gasteiger partial charge on any atom is -0.298 e. The highest BCUT2D eigenvalue weighted by Crippen LogP contribution is 2.29. The average Bonchev–Trinajstić information content (AvgIpc) is 3.13. The molecule has 2 aromatic heterocycles. The molecule has 0 radical (unpaired) electrons. The number of nitrogens with zero attached hydrogens (tertiary/aromatic N) is 3. The Kier molecular flexibility index (Phi) is 3.20. The predicted octanol–water partition coefficient (Wildman–Crippen LogP) is 2.92. The molecular formula is C14H10N4O2S2. The van der Waals surface area contributed by atoms with Crippen LogP contribution in [0.5, 0.6) is 0 Å². The molecule has 1 aliphatic rings. The molecule has 0 aliphatic heterocycles. The van der Waals surface area contributed by atoms with Gasteiger partial charge in [-0.3, -0.25) is 14.9 Å². The third-order valence-corrected chi connectivity index (χ3v) is 5.12. The van der Waals surface area contributed by atoms with Crippen LogP contribution >= 0.6 is 23.1 Å².